The second kappa shape index (κ2) is 6.61. The Morgan fingerprint density at radius 1 is 1.39 bits per heavy atom. The molecule has 1 heterocycles. The maximum atomic E-state index is 5.87. The van der Waals surface area contributed by atoms with Crippen molar-refractivity contribution in [3.8, 4) is 11.5 Å². The van der Waals surface area contributed by atoms with Gasteiger partial charge in [-0.2, -0.15) is 0 Å². The molecule has 1 atom stereocenters. The molecule has 1 fully saturated rings. The van der Waals surface area contributed by atoms with E-state index in [4.69, 9.17) is 14.2 Å². The minimum atomic E-state index is 0.502. The van der Waals surface area contributed by atoms with Gasteiger partial charge >= 0.3 is 0 Å². The molecule has 0 spiro atoms. The maximum Gasteiger partial charge on any atom is 0.161 e. The molecule has 1 saturated heterocycles. The Balaban J connectivity index is 2.00. The van der Waals surface area contributed by atoms with E-state index in [1.807, 2.05) is 25.2 Å². The molecule has 0 amide bonds. The van der Waals surface area contributed by atoms with Crippen molar-refractivity contribution in [2.45, 2.75) is 13.0 Å². The van der Waals surface area contributed by atoms with E-state index in [0.717, 1.165) is 37.7 Å². The van der Waals surface area contributed by atoms with E-state index in [1.54, 1.807) is 7.11 Å². The van der Waals surface area contributed by atoms with Gasteiger partial charge in [0, 0.05) is 19.1 Å². The lowest BCUT2D eigenvalue weighted by Crippen LogP contribution is -2.12. The fourth-order valence-electron chi connectivity index (χ4n) is 2.07. The summed E-state index contributed by atoms with van der Waals surface area (Å²) < 4.78 is 16.5. The van der Waals surface area contributed by atoms with Crippen LogP contribution in [0.5, 0.6) is 11.5 Å². The zero-order chi connectivity index (χ0) is 12.8. The molecular formula is C14H21NO3. The maximum absolute atomic E-state index is 5.87. The highest BCUT2D eigenvalue weighted by Gasteiger charge is 2.17. The fraction of sp³-hybridized carbons (Fsp3) is 0.571. The third kappa shape index (κ3) is 3.37. The third-order valence-electron chi connectivity index (χ3n) is 3.11. The van der Waals surface area contributed by atoms with Crippen LogP contribution in [0.25, 0.3) is 0 Å². The van der Waals surface area contributed by atoms with Gasteiger partial charge < -0.3 is 19.5 Å². The Hall–Kier alpha value is -1.26. The quantitative estimate of drug-likeness (QED) is 0.837. The van der Waals surface area contributed by atoms with Gasteiger partial charge in [-0.05, 0) is 31.2 Å². The van der Waals surface area contributed by atoms with Crippen molar-refractivity contribution in [2.75, 3.05) is 34.0 Å². The summed E-state index contributed by atoms with van der Waals surface area (Å²) in [5.74, 6) is 2.11. The average molecular weight is 251 g/mol. The smallest absolute Gasteiger partial charge is 0.161 e. The Morgan fingerprint density at radius 3 is 2.94 bits per heavy atom. The van der Waals surface area contributed by atoms with Crippen LogP contribution in [0.3, 0.4) is 0 Å². The van der Waals surface area contributed by atoms with Gasteiger partial charge in [0.15, 0.2) is 11.5 Å². The molecule has 0 aromatic heterocycles. The highest BCUT2D eigenvalue weighted by Crippen LogP contribution is 2.29. The summed E-state index contributed by atoms with van der Waals surface area (Å²) in [6.07, 6.45) is 1.08. The molecule has 0 bridgehead atoms. The Morgan fingerprint density at radius 2 is 2.28 bits per heavy atom. The van der Waals surface area contributed by atoms with Crippen LogP contribution >= 0.6 is 0 Å². The SMILES string of the molecule is CNCc1ccc(OC)c(OCC2CCOC2)c1. The molecule has 2 rings (SSSR count). The molecule has 4 nitrogen and oxygen atoms in total. The van der Waals surface area contributed by atoms with Crippen LogP contribution in [0.15, 0.2) is 18.2 Å². The number of rotatable bonds is 6. The minimum Gasteiger partial charge on any atom is -0.493 e. The molecule has 18 heavy (non-hydrogen) atoms. The van der Waals surface area contributed by atoms with Gasteiger partial charge in [-0.15, -0.1) is 0 Å². The van der Waals surface area contributed by atoms with E-state index >= 15 is 0 Å². The molecule has 0 radical (unpaired) electrons. The van der Waals surface area contributed by atoms with Crippen molar-refractivity contribution in [3.63, 3.8) is 0 Å². The first-order chi connectivity index (χ1) is 8.83. The summed E-state index contributed by atoms with van der Waals surface area (Å²) in [6, 6.07) is 6.03. The van der Waals surface area contributed by atoms with Gasteiger partial charge in [0.05, 0.1) is 20.3 Å². The number of hydrogen-bond donors (Lipinski definition) is 1. The molecule has 0 saturated carbocycles. The fourth-order valence-corrected chi connectivity index (χ4v) is 2.07. The molecule has 0 aliphatic carbocycles. The van der Waals surface area contributed by atoms with Crippen molar-refractivity contribution >= 4 is 0 Å². The number of benzene rings is 1. The van der Waals surface area contributed by atoms with Crippen LogP contribution < -0.4 is 14.8 Å². The summed E-state index contributed by atoms with van der Waals surface area (Å²) in [6.45, 7) is 3.18. The first kappa shape index (κ1) is 13.2. The van der Waals surface area contributed by atoms with E-state index in [2.05, 4.69) is 5.32 Å². The van der Waals surface area contributed by atoms with Crippen LogP contribution in [-0.4, -0.2) is 34.0 Å². The molecule has 1 aromatic carbocycles. The van der Waals surface area contributed by atoms with Crippen molar-refractivity contribution in [1.29, 1.82) is 0 Å². The van der Waals surface area contributed by atoms with Gasteiger partial charge in [0.25, 0.3) is 0 Å². The lowest BCUT2D eigenvalue weighted by atomic mass is 10.1. The molecule has 1 unspecified atom stereocenters. The molecule has 1 aliphatic rings. The molecule has 4 heteroatoms. The van der Waals surface area contributed by atoms with Crippen molar-refractivity contribution in [3.05, 3.63) is 23.8 Å². The van der Waals surface area contributed by atoms with Gasteiger partial charge in [-0.3, -0.25) is 0 Å². The summed E-state index contributed by atoms with van der Waals surface area (Å²) >= 11 is 0. The zero-order valence-corrected chi connectivity index (χ0v) is 11.1. The summed E-state index contributed by atoms with van der Waals surface area (Å²) in [4.78, 5) is 0. The van der Waals surface area contributed by atoms with E-state index in [0.29, 0.717) is 12.5 Å². The second-order valence-electron chi connectivity index (χ2n) is 4.56. The van der Waals surface area contributed by atoms with E-state index < -0.39 is 0 Å². The van der Waals surface area contributed by atoms with Gasteiger partial charge in [-0.1, -0.05) is 6.07 Å². The lowest BCUT2D eigenvalue weighted by molar-refractivity contribution is 0.165. The van der Waals surface area contributed by atoms with Crippen LogP contribution in [-0.2, 0) is 11.3 Å². The van der Waals surface area contributed by atoms with E-state index in [9.17, 15) is 0 Å². The Bertz CT molecular complexity index is 375. The predicted octanol–water partition coefficient (Wildman–Crippen LogP) is 1.83. The van der Waals surface area contributed by atoms with Crippen LogP contribution in [0.2, 0.25) is 0 Å². The second-order valence-corrected chi connectivity index (χ2v) is 4.56. The third-order valence-corrected chi connectivity index (χ3v) is 3.11. The predicted molar refractivity (Wildman–Crippen MR) is 70.2 cm³/mol. The van der Waals surface area contributed by atoms with E-state index in [1.165, 1.54) is 5.56 Å². The highest BCUT2D eigenvalue weighted by molar-refractivity contribution is 5.42. The average Bonchev–Trinajstić information content (AvgIpc) is 2.90. The zero-order valence-electron chi connectivity index (χ0n) is 11.1. The molecule has 1 N–H and O–H groups in total. The van der Waals surface area contributed by atoms with Crippen molar-refractivity contribution in [1.82, 2.24) is 5.32 Å². The number of nitrogens with one attached hydrogen (secondary N) is 1. The largest absolute Gasteiger partial charge is 0.493 e. The first-order valence-corrected chi connectivity index (χ1v) is 6.35. The number of ether oxygens (including phenoxy) is 3. The number of methoxy groups -OCH3 is 1. The monoisotopic (exact) mass is 251 g/mol. The van der Waals surface area contributed by atoms with Crippen LogP contribution in [0.1, 0.15) is 12.0 Å². The van der Waals surface area contributed by atoms with Crippen LogP contribution in [0.4, 0.5) is 0 Å². The molecule has 1 aromatic rings. The Kier molecular flexibility index (Phi) is 4.84. The van der Waals surface area contributed by atoms with Crippen LogP contribution in [0, 0.1) is 5.92 Å². The van der Waals surface area contributed by atoms with Gasteiger partial charge in [0.1, 0.15) is 0 Å². The Labute approximate surface area is 108 Å². The highest BCUT2D eigenvalue weighted by atomic mass is 16.5. The minimum absolute atomic E-state index is 0.502. The van der Waals surface area contributed by atoms with Crippen molar-refractivity contribution in [2.24, 2.45) is 5.92 Å². The topological polar surface area (TPSA) is 39.7 Å². The normalized spacial score (nSPS) is 18.9. The summed E-state index contributed by atoms with van der Waals surface area (Å²) in [5.41, 5.74) is 1.19. The molecule has 1 aliphatic heterocycles. The van der Waals surface area contributed by atoms with Gasteiger partial charge in [0.2, 0.25) is 0 Å². The van der Waals surface area contributed by atoms with Gasteiger partial charge in [-0.25, -0.2) is 0 Å². The summed E-state index contributed by atoms with van der Waals surface area (Å²) in [7, 11) is 3.60. The first-order valence-electron chi connectivity index (χ1n) is 6.35. The summed E-state index contributed by atoms with van der Waals surface area (Å²) in [5, 5.41) is 3.13. The standard InChI is InChI=1S/C14H21NO3/c1-15-8-11-3-4-13(16-2)14(7-11)18-10-12-5-6-17-9-12/h3-4,7,12,15H,5-6,8-10H2,1-2H3. The number of hydrogen-bond acceptors (Lipinski definition) is 4. The van der Waals surface area contributed by atoms with E-state index in [-0.39, 0.29) is 0 Å². The van der Waals surface area contributed by atoms with Crippen molar-refractivity contribution < 1.29 is 14.2 Å². The lowest BCUT2D eigenvalue weighted by Gasteiger charge is -2.14. The molecular weight excluding hydrogens is 230 g/mol. The molecule has 100 valence electrons.